The van der Waals surface area contributed by atoms with Crippen molar-refractivity contribution in [3.63, 3.8) is 0 Å². The molecule has 1 aromatic rings. The van der Waals surface area contributed by atoms with Crippen LogP contribution in [0.25, 0.3) is 0 Å². The van der Waals surface area contributed by atoms with Gasteiger partial charge in [0.1, 0.15) is 5.75 Å². The summed E-state index contributed by atoms with van der Waals surface area (Å²) in [7, 11) is 0. The van der Waals surface area contributed by atoms with Crippen molar-refractivity contribution in [3.8, 4) is 5.75 Å². The van der Waals surface area contributed by atoms with E-state index >= 15 is 0 Å². The lowest BCUT2D eigenvalue weighted by Gasteiger charge is -2.20. The summed E-state index contributed by atoms with van der Waals surface area (Å²) in [6.45, 7) is 8.45. The van der Waals surface area contributed by atoms with E-state index in [1.165, 1.54) is 18.4 Å². The Morgan fingerprint density at radius 3 is 2.19 bits per heavy atom. The zero-order valence-corrected chi connectivity index (χ0v) is 12.7. The summed E-state index contributed by atoms with van der Waals surface area (Å²) in [5.74, 6) is 0.995. The summed E-state index contributed by atoms with van der Waals surface area (Å²) in [6.07, 6.45) is 2.48. The highest BCUT2D eigenvalue weighted by Crippen LogP contribution is 2.32. The van der Waals surface area contributed by atoms with Crippen LogP contribution in [0.2, 0.25) is 0 Å². The molecule has 90 valence electrons. The van der Waals surface area contributed by atoms with Gasteiger partial charge in [-0.15, -0.1) is 0 Å². The molecule has 16 heavy (non-hydrogen) atoms. The number of halogens is 1. The second-order valence-corrected chi connectivity index (χ2v) is 6.20. The Morgan fingerprint density at radius 1 is 1.25 bits per heavy atom. The van der Waals surface area contributed by atoms with Crippen molar-refractivity contribution >= 4 is 22.6 Å². The quantitative estimate of drug-likeness (QED) is 0.625. The monoisotopic (exact) mass is 332 g/mol. The maximum atomic E-state index is 9.75. The fraction of sp³-hybridized carbons (Fsp3) is 0.571. The Labute approximate surface area is 112 Å². The molecule has 0 bridgehead atoms. The van der Waals surface area contributed by atoms with E-state index in [1.54, 1.807) is 0 Å². The Morgan fingerprint density at radius 2 is 1.75 bits per heavy atom. The number of rotatable bonds is 4. The minimum atomic E-state index is 0.441. The average Bonchev–Trinajstić information content (AvgIpc) is 2.24. The van der Waals surface area contributed by atoms with Gasteiger partial charge in [0.2, 0.25) is 0 Å². The van der Waals surface area contributed by atoms with E-state index in [9.17, 15) is 5.11 Å². The highest BCUT2D eigenvalue weighted by atomic mass is 127. The molecule has 0 spiro atoms. The third-order valence-corrected chi connectivity index (χ3v) is 4.85. The van der Waals surface area contributed by atoms with Crippen LogP contribution in [0.4, 0.5) is 0 Å². The van der Waals surface area contributed by atoms with Crippen LogP contribution in [0.1, 0.15) is 49.3 Å². The first-order chi connectivity index (χ1) is 7.47. The molecular formula is C14H21IO. The van der Waals surface area contributed by atoms with Gasteiger partial charge in [-0.2, -0.15) is 0 Å². The van der Waals surface area contributed by atoms with Gasteiger partial charge in [0.15, 0.2) is 0 Å². The van der Waals surface area contributed by atoms with Crippen LogP contribution in [0, 0.1) is 13.8 Å². The molecule has 0 aliphatic rings. The van der Waals surface area contributed by atoms with E-state index in [-0.39, 0.29) is 0 Å². The van der Waals surface area contributed by atoms with E-state index in [2.05, 4.69) is 48.6 Å². The molecule has 1 N–H and O–H groups in total. The number of hydrogen-bond acceptors (Lipinski definition) is 1. The Bertz CT molecular complexity index is 337. The topological polar surface area (TPSA) is 20.2 Å². The molecule has 2 unspecified atom stereocenters. The zero-order valence-electron chi connectivity index (χ0n) is 10.5. The number of benzene rings is 1. The summed E-state index contributed by atoms with van der Waals surface area (Å²) in [5, 5.41) is 9.75. The van der Waals surface area contributed by atoms with Crippen LogP contribution in [0.3, 0.4) is 0 Å². The summed E-state index contributed by atoms with van der Waals surface area (Å²) >= 11 is 2.54. The first-order valence-corrected chi connectivity index (χ1v) is 7.16. The van der Waals surface area contributed by atoms with Crippen molar-refractivity contribution in [1.29, 1.82) is 0 Å². The molecule has 0 saturated carbocycles. The van der Waals surface area contributed by atoms with Gasteiger partial charge in [0, 0.05) is 3.92 Å². The Balaban J connectivity index is 2.96. The van der Waals surface area contributed by atoms with Gasteiger partial charge < -0.3 is 5.11 Å². The third kappa shape index (κ3) is 3.12. The molecule has 1 rings (SSSR count). The van der Waals surface area contributed by atoms with Crippen LogP contribution in [-0.4, -0.2) is 9.03 Å². The summed E-state index contributed by atoms with van der Waals surface area (Å²) in [6, 6.07) is 4.24. The van der Waals surface area contributed by atoms with E-state index in [0.717, 1.165) is 11.1 Å². The minimum Gasteiger partial charge on any atom is -0.507 e. The molecule has 0 radical (unpaired) electrons. The van der Waals surface area contributed by atoms with E-state index in [4.69, 9.17) is 0 Å². The molecule has 1 aromatic carbocycles. The second-order valence-electron chi connectivity index (χ2n) is 4.60. The van der Waals surface area contributed by atoms with Crippen molar-refractivity contribution in [3.05, 3.63) is 28.8 Å². The van der Waals surface area contributed by atoms with Crippen molar-refractivity contribution in [2.75, 3.05) is 0 Å². The number of phenols is 1. The van der Waals surface area contributed by atoms with Crippen LogP contribution in [-0.2, 0) is 0 Å². The number of hydrogen-bond donors (Lipinski definition) is 1. The molecule has 0 fully saturated rings. The molecule has 2 atom stereocenters. The first-order valence-electron chi connectivity index (χ1n) is 5.91. The number of aromatic hydroxyl groups is 1. The molecule has 1 nitrogen and oxygen atoms in total. The van der Waals surface area contributed by atoms with Crippen molar-refractivity contribution in [2.45, 2.75) is 50.4 Å². The lowest BCUT2D eigenvalue weighted by Crippen LogP contribution is -2.09. The van der Waals surface area contributed by atoms with E-state index < -0.39 is 0 Å². The normalized spacial score (nSPS) is 14.8. The van der Waals surface area contributed by atoms with Gasteiger partial charge in [-0.3, -0.25) is 0 Å². The summed E-state index contributed by atoms with van der Waals surface area (Å²) < 4.78 is 0.672. The van der Waals surface area contributed by atoms with Gasteiger partial charge in [0.05, 0.1) is 0 Å². The van der Waals surface area contributed by atoms with Crippen LogP contribution in [0.5, 0.6) is 5.75 Å². The molecular weight excluding hydrogens is 311 g/mol. The molecule has 2 heteroatoms. The Hall–Kier alpha value is -0.250. The molecule has 0 heterocycles. The lowest BCUT2D eigenvalue weighted by atomic mass is 9.92. The van der Waals surface area contributed by atoms with Crippen molar-refractivity contribution in [1.82, 2.24) is 0 Å². The first kappa shape index (κ1) is 13.8. The number of aryl methyl sites for hydroxylation is 2. The Kier molecular flexibility index (Phi) is 5.09. The second kappa shape index (κ2) is 5.89. The fourth-order valence-corrected chi connectivity index (χ4v) is 3.02. The summed E-state index contributed by atoms with van der Waals surface area (Å²) in [4.78, 5) is 0. The fourth-order valence-electron chi connectivity index (χ4n) is 1.99. The van der Waals surface area contributed by atoms with Crippen molar-refractivity contribution in [2.24, 2.45) is 0 Å². The maximum absolute atomic E-state index is 9.75. The SMILES string of the molecule is CCCC(I)C(C)c1cc(C)c(O)c(C)c1. The van der Waals surface area contributed by atoms with Gasteiger partial charge in [-0.25, -0.2) is 0 Å². The lowest BCUT2D eigenvalue weighted by molar-refractivity contribution is 0.466. The number of phenolic OH excluding ortho intramolecular Hbond substituents is 1. The standard InChI is InChI=1S/C14H21IO/c1-5-6-13(15)11(4)12-7-9(2)14(16)10(3)8-12/h7-8,11,13,16H,5-6H2,1-4H3. The van der Waals surface area contributed by atoms with E-state index in [1.807, 2.05) is 13.8 Å². The predicted molar refractivity (Wildman–Crippen MR) is 78.7 cm³/mol. The molecule has 0 aliphatic carbocycles. The predicted octanol–water partition coefficient (Wildman–Crippen LogP) is 4.72. The molecule has 0 amide bonds. The van der Waals surface area contributed by atoms with Gasteiger partial charge in [0.25, 0.3) is 0 Å². The van der Waals surface area contributed by atoms with Gasteiger partial charge in [-0.05, 0) is 42.9 Å². The third-order valence-electron chi connectivity index (χ3n) is 3.15. The largest absolute Gasteiger partial charge is 0.507 e. The van der Waals surface area contributed by atoms with E-state index in [0.29, 0.717) is 15.6 Å². The van der Waals surface area contributed by atoms with Crippen LogP contribution in [0.15, 0.2) is 12.1 Å². The maximum Gasteiger partial charge on any atom is 0.121 e. The average molecular weight is 332 g/mol. The van der Waals surface area contributed by atoms with Crippen molar-refractivity contribution < 1.29 is 5.11 Å². The molecule has 0 aromatic heterocycles. The molecule has 0 saturated heterocycles. The highest BCUT2D eigenvalue weighted by Gasteiger charge is 2.16. The summed E-state index contributed by atoms with van der Waals surface area (Å²) in [5.41, 5.74) is 3.32. The van der Waals surface area contributed by atoms with Gasteiger partial charge in [-0.1, -0.05) is 55.0 Å². The smallest absolute Gasteiger partial charge is 0.121 e. The zero-order chi connectivity index (χ0) is 12.3. The highest BCUT2D eigenvalue weighted by molar-refractivity contribution is 14.1. The minimum absolute atomic E-state index is 0.441. The van der Waals surface area contributed by atoms with Crippen LogP contribution >= 0.6 is 22.6 Å². The molecule has 0 aliphatic heterocycles. The number of alkyl halides is 1. The van der Waals surface area contributed by atoms with Gasteiger partial charge >= 0.3 is 0 Å². The van der Waals surface area contributed by atoms with Crippen LogP contribution < -0.4 is 0 Å².